The largest absolute Gasteiger partial charge is 0.378 e. The summed E-state index contributed by atoms with van der Waals surface area (Å²) in [5.41, 5.74) is 1.28. The van der Waals surface area contributed by atoms with Gasteiger partial charge in [0, 0.05) is 30.0 Å². The van der Waals surface area contributed by atoms with E-state index in [1.165, 1.54) is 0 Å². The molecule has 0 aliphatic heterocycles. The normalized spacial score (nSPS) is 10.1. The van der Waals surface area contributed by atoms with Crippen molar-refractivity contribution in [2.75, 3.05) is 11.9 Å². The summed E-state index contributed by atoms with van der Waals surface area (Å²) in [7, 11) is 0. The van der Waals surface area contributed by atoms with Crippen LogP contribution in [0.5, 0.6) is 0 Å². The van der Waals surface area contributed by atoms with Gasteiger partial charge in [0.05, 0.1) is 6.54 Å². The number of rotatable bonds is 5. The molecule has 0 atom stereocenters. The average Bonchev–Trinajstić information content (AvgIpc) is 2.90. The number of hydrogen-bond acceptors (Lipinski definition) is 5. The fourth-order valence-electron chi connectivity index (χ4n) is 1.43. The number of pyridine rings is 1. The predicted molar refractivity (Wildman–Crippen MR) is 71.7 cm³/mol. The molecule has 0 unspecified atom stereocenters. The number of nitrogens with zero attached hydrogens (tertiary/aromatic N) is 2. The van der Waals surface area contributed by atoms with Gasteiger partial charge >= 0.3 is 0 Å². The highest BCUT2D eigenvalue weighted by Gasteiger charge is 2.06. The number of thiazole rings is 1. The van der Waals surface area contributed by atoms with Crippen molar-refractivity contribution in [1.82, 2.24) is 15.3 Å². The first-order chi connectivity index (χ1) is 8.79. The molecule has 2 aromatic rings. The molecule has 0 bridgehead atoms. The predicted octanol–water partition coefficient (Wildman–Crippen LogP) is 1.90. The van der Waals surface area contributed by atoms with E-state index in [-0.39, 0.29) is 5.91 Å². The van der Waals surface area contributed by atoms with E-state index >= 15 is 0 Å². The van der Waals surface area contributed by atoms with Crippen molar-refractivity contribution in [1.29, 1.82) is 0 Å². The number of aromatic nitrogens is 2. The van der Waals surface area contributed by atoms with E-state index in [4.69, 9.17) is 0 Å². The summed E-state index contributed by atoms with van der Waals surface area (Å²) in [6.07, 6.45) is 3.39. The molecular weight excluding hydrogens is 248 g/mol. The molecule has 18 heavy (non-hydrogen) atoms. The maximum Gasteiger partial charge on any atom is 0.269 e. The van der Waals surface area contributed by atoms with Crippen LogP contribution in [0.25, 0.3) is 0 Å². The highest BCUT2D eigenvalue weighted by molar-refractivity contribution is 7.09. The third kappa shape index (κ3) is 3.27. The molecule has 0 aliphatic rings. The SMILES string of the molecule is CCNC(=O)c1cc(NCc2nccs2)ccn1. The summed E-state index contributed by atoms with van der Waals surface area (Å²) in [4.78, 5) is 19.8. The Morgan fingerprint density at radius 1 is 1.39 bits per heavy atom. The molecule has 2 heterocycles. The zero-order chi connectivity index (χ0) is 12.8. The van der Waals surface area contributed by atoms with Crippen molar-refractivity contribution in [3.05, 3.63) is 40.6 Å². The van der Waals surface area contributed by atoms with Gasteiger partial charge in [-0.3, -0.25) is 9.78 Å². The van der Waals surface area contributed by atoms with E-state index in [0.29, 0.717) is 18.8 Å². The molecular formula is C12H14N4OS. The quantitative estimate of drug-likeness (QED) is 0.863. The lowest BCUT2D eigenvalue weighted by molar-refractivity contribution is 0.0951. The van der Waals surface area contributed by atoms with Crippen LogP contribution in [0.15, 0.2) is 29.9 Å². The van der Waals surface area contributed by atoms with Gasteiger partial charge in [-0.2, -0.15) is 0 Å². The van der Waals surface area contributed by atoms with Crippen molar-refractivity contribution in [2.45, 2.75) is 13.5 Å². The van der Waals surface area contributed by atoms with Crippen LogP contribution < -0.4 is 10.6 Å². The highest BCUT2D eigenvalue weighted by Crippen LogP contribution is 2.11. The topological polar surface area (TPSA) is 66.9 Å². The van der Waals surface area contributed by atoms with Crippen LogP contribution in [-0.2, 0) is 6.54 Å². The molecule has 0 fully saturated rings. The van der Waals surface area contributed by atoms with E-state index in [9.17, 15) is 4.79 Å². The number of anilines is 1. The lowest BCUT2D eigenvalue weighted by Crippen LogP contribution is -2.23. The van der Waals surface area contributed by atoms with Crippen molar-refractivity contribution in [3.8, 4) is 0 Å². The highest BCUT2D eigenvalue weighted by atomic mass is 32.1. The van der Waals surface area contributed by atoms with Crippen LogP contribution in [0, 0.1) is 0 Å². The Hall–Kier alpha value is -1.95. The Labute approximate surface area is 109 Å². The van der Waals surface area contributed by atoms with Crippen LogP contribution in [0.1, 0.15) is 22.4 Å². The van der Waals surface area contributed by atoms with Crippen LogP contribution in [0.2, 0.25) is 0 Å². The van der Waals surface area contributed by atoms with Crippen molar-refractivity contribution < 1.29 is 4.79 Å². The van der Waals surface area contributed by atoms with Crippen molar-refractivity contribution >= 4 is 22.9 Å². The fraction of sp³-hybridized carbons (Fsp3) is 0.250. The minimum Gasteiger partial charge on any atom is -0.378 e. The second-order valence-electron chi connectivity index (χ2n) is 3.57. The smallest absolute Gasteiger partial charge is 0.269 e. The van der Waals surface area contributed by atoms with E-state index in [1.807, 2.05) is 18.4 Å². The molecule has 0 aliphatic carbocycles. The Kier molecular flexibility index (Phi) is 4.25. The van der Waals surface area contributed by atoms with Crippen LogP contribution in [0.4, 0.5) is 5.69 Å². The van der Waals surface area contributed by atoms with Crippen molar-refractivity contribution in [3.63, 3.8) is 0 Å². The first-order valence-electron chi connectivity index (χ1n) is 5.66. The Morgan fingerprint density at radius 3 is 3.00 bits per heavy atom. The third-order valence-electron chi connectivity index (χ3n) is 2.26. The summed E-state index contributed by atoms with van der Waals surface area (Å²) in [5, 5.41) is 8.87. The van der Waals surface area contributed by atoms with E-state index in [0.717, 1.165) is 10.7 Å². The number of carbonyl (C=O) groups is 1. The first-order valence-corrected chi connectivity index (χ1v) is 6.54. The van der Waals surface area contributed by atoms with Gasteiger partial charge < -0.3 is 10.6 Å². The third-order valence-corrected chi connectivity index (χ3v) is 3.04. The molecule has 0 aromatic carbocycles. The Bertz CT molecular complexity index is 513. The number of amides is 1. The number of carbonyl (C=O) groups excluding carboxylic acids is 1. The van der Waals surface area contributed by atoms with Gasteiger partial charge in [-0.1, -0.05) is 0 Å². The van der Waals surface area contributed by atoms with Gasteiger partial charge in [0.25, 0.3) is 5.91 Å². The molecule has 0 radical (unpaired) electrons. The van der Waals surface area contributed by atoms with Gasteiger partial charge in [0.15, 0.2) is 0 Å². The van der Waals surface area contributed by atoms with E-state index < -0.39 is 0 Å². The zero-order valence-corrected chi connectivity index (χ0v) is 10.8. The van der Waals surface area contributed by atoms with Crippen LogP contribution in [-0.4, -0.2) is 22.4 Å². The molecule has 2 N–H and O–H groups in total. The van der Waals surface area contributed by atoms with Gasteiger partial charge in [-0.25, -0.2) is 4.98 Å². The van der Waals surface area contributed by atoms with Gasteiger partial charge in [0.1, 0.15) is 10.7 Å². The average molecular weight is 262 g/mol. The Balaban J connectivity index is 2.01. The molecule has 0 spiro atoms. The second-order valence-corrected chi connectivity index (χ2v) is 4.55. The molecule has 94 valence electrons. The van der Waals surface area contributed by atoms with Crippen LogP contribution >= 0.6 is 11.3 Å². The molecule has 6 heteroatoms. The molecule has 2 rings (SSSR count). The van der Waals surface area contributed by atoms with E-state index in [2.05, 4.69) is 20.6 Å². The molecule has 2 aromatic heterocycles. The summed E-state index contributed by atoms with van der Waals surface area (Å²) >= 11 is 1.59. The minimum absolute atomic E-state index is 0.157. The molecule has 1 amide bonds. The lowest BCUT2D eigenvalue weighted by Gasteiger charge is -2.06. The molecule has 5 nitrogen and oxygen atoms in total. The van der Waals surface area contributed by atoms with E-state index in [1.54, 1.807) is 29.8 Å². The van der Waals surface area contributed by atoms with Crippen molar-refractivity contribution in [2.24, 2.45) is 0 Å². The monoisotopic (exact) mass is 262 g/mol. The summed E-state index contributed by atoms with van der Waals surface area (Å²) in [6, 6.07) is 3.56. The lowest BCUT2D eigenvalue weighted by atomic mass is 10.3. The van der Waals surface area contributed by atoms with Gasteiger partial charge in [-0.05, 0) is 19.1 Å². The first kappa shape index (κ1) is 12.5. The number of nitrogens with one attached hydrogen (secondary N) is 2. The molecule has 0 saturated heterocycles. The standard InChI is InChI=1S/C12H14N4OS/c1-2-13-12(17)10-7-9(3-4-14-10)16-8-11-15-5-6-18-11/h3-7H,2,8H2,1H3,(H,13,17)(H,14,16). The zero-order valence-electron chi connectivity index (χ0n) is 10.0. The summed E-state index contributed by atoms with van der Waals surface area (Å²) in [5.74, 6) is -0.157. The van der Waals surface area contributed by atoms with Gasteiger partial charge in [0.2, 0.25) is 0 Å². The second kappa shape index (κ2) is 6.11. The maximum atomic E-state index is 11.6. The number of hydrogen-bond donors (Lipinski definition) is 2. The van der Waals surface area contributed by atoms with Crippen LogP contribution in [0.3, 0.4) is 0 Å². The fourth-order valence-corrected chi connectivity index (χ4v) is 1.99. The maximum absolute atomic E-state index is 11.6. The summed E-state index contributed by atoms with van der Waals surface area (Å²) in [6.45, 7) is 3.12. The minimum atomic E-state index is -0.157. The Morgan fingerprint density at radius 2 is 2.28 bits per heavy atom. The molecule has 0 saturated carbocycles. The summed E-state index contributed by atoms with van der Waals surface area (Å²) < 4.78 is 0. The van der Waals surface area contributed by atoms with Gasteiger partial charge in [-0.15, -0.1) is 11.3 Å².